The lowest BCUT2D eigenvalue weighted by Crippen LogP contribution is -2.59. The van der Waals surface area contributed by atoms with Crippen LogP contribution >= 0.6 is 23.5 Å². The molecule has 3 amide bonds. The van der Waals surface area contributed by atoms with Crippen molar-refractivity contribution in [2.75, 3.05) is 11.5 Å². The molecule has 398 valence electrons. The normalized spacial score (nSPS) is 19.7. The highest BCUT2D eigenvalue weighted by atomic mass is 32.2. The number of amides is 3. The van der Waals surface area contributed by atoms with Crippen molar-refractivity contribution in [2.45, 2.75) is 119 Å². The molecule has 0 aliphatic carbocycles. The Morgan fingerprint density at radius 3 is 1.39 bits per heavy atom. The van der Waals surface area contributed by atoms with Crippen LogP contribution in [-0.4, -0.2) is 73.8 Å². The minimum Gasteiger partial charge on any atom is -0.457 e. The highest BCUT2D eigenvalue weighted by molar-refractivity contribution is 8.00. The highest BCUT2D eigenvalue weighted by Crippen LogP contribution is 2.50. The zero-order chi connectivity index (χ0) is 54.4. The maximum atomic E-state index is 15.1. The molecule has 9 nitrogen and oxygen atoms in total. The molecule has 0 bridgehead atoms. The number of hydrogen-bond acceptors (Lipinski definition) is 8. The molecule has 1 saturated heterocycles. The first-order valence-corrected chi connectivity index (χ1v) is 31.4. The molecule has 0 aromatic heterocycles. The van der Waals surface area contributed by atoms with Crippen molar-refractivity contribution in [3.8, 4) is 0 Å². The number of ether oxygens (including phenoxy) is 1. The lowest BCUT2D eigenvalue weighted by Gasteiger charge is -2.42. The summed E-state index contributed by atoms with van der Waals surface area (Å²) in [6.07, 6.45) is 2.22. The van der Waals surface area contributed by atoms with E-state index in [9.17, 15) is 14.4 Å². The Labute approximate surface area is 461 Å². The van der Waals surface area contributed by atoms with Crippen molar-refractivity contribution < 1.29 is 28.3 Å². The van der Waals surface area contributed by atoms with E-state index in [-0.39, 0.29) is 29.6 Å². The molecular formula is C64H75N3O6S2Si. The van der Waals surface area contributed by atoms with Gasteiger partial charge in [0.2, 0.25) is 17.7 Å². The molecule has 1 fully saturated rings. The molecule has 1 heterocycles. The summed E-state index contributed by atoms with van der Waals surface area (Å²) in [5.74, 6) is -1.35. The van der Waals surface area contributed by atoms with Crippen molar-refractivity contribution in [2.24, 2.45) is 5.92 Å². The first-order valence-electron chi connectivity index (χ1n) is 26.5. The average molecular weight is 1070 g/mol. The van der Waals surface area contributed by atoms with E-state index >= 15 is 4.79 Å². The molecular weight excluding hydrogens is 999 g/mol. The topological polar surface area (TPSA) is 123 Å². The van der Waals surface area contributed by atoms with Crippen LogP contribution in [0.5, 0.6) is 0 Å². The van der Waals surface area contributed by atoms with Gasteiger partial charge in [-0.25, -0.2) is 0 Å². The Hall–Kier alpha value is -6.18. The van der Waals surface area contributed by atoms with Crippen LogP contribution in [-0.2, 0) is 37.8 Å². The van der Waals surface area contributed by atoms with Gasteiger partial charge in [0.05, 0.1) is 34.5 Å². The van der Waals surface area contributed by atoms with Crippen LogP contribution in [0, 0.1) is 5.92 Å². The fourth-order valence-electron chi connectivity index (χ4n) is 9.58. The van der Waals surface area contributed by atoms with Crippen molar-refractivity contribution in [3.63, 3.8) is 0 Å². The molecule has 7 rings (SSSR count). The van der Waals surface area contributed by atoms with E-state index in [4.69, 9.17) is 9.16 Å². The van der Waals surface area contributed by atoms with Gasteiger partial charge < -0.3 is 25.1 Å². The summed E-state index contributed by atoms with van der Waals surface area (Å²) >= 11 is 3.37. The number of cyclic esters (lactones) is 1. The van der Waals surface area contributed by atoms with Crippen LogP contribution in [0.25, 0.3) is 0 Å². The van der Waals surface area contributed by atoms with Gasteiger partial charge in [0.1, 0.15) is 18.2 Å². The Morgan fingerprint density at radius 2 is 1.00 bits per heavy atom. The van der Waals surface area contributed by atoms with Gasteiger partial charge in [0.25, 0.3) is 0 Å². The van der Waals surface area contributed by atoms with Gasteiger partial charge in [0.15, 0.2) is 8.32 Å². The van der Waals surface area contributed by atoms with Crippen LogP contribution in [0.3, 0.4) is 0 Å². The fraction of sp³-hybridized carbons (Fsp3) is 0.344. The zero-order valence-corrected chi connectivity index (χ0v) is 47.9. The van der Waals surface area contributed by atoms with Crippen LogP contribution < -0.4 is 16.0 Å². The molecule has 1 aliphatic rings. The SMILES string of the molecule is CC(C)[C@H]1NC(=O)[C@@H](CSC(c2ccccc2)(c2ccccc2)c2ccccc2)NC(=O)[C@@H](C)NC(=O)C[C@@H](/C=C/CCSC(c2ccccc2)(c2ccccc2)c2ccccc2)OC(=O)C[C@@H]1O[Si](C)(C)C(C)(C)C. The maximum absolute atomic E-state index is 15.1. The molecule has 0 radical (unpaired) electrons. The lowest BCUT2D eigenvalue weighted by atomic mass is 9.84. The van der Waals surface area contributed by atoms with E-state index in [0.29, 0.717) is 12.2 Å². The lowest BCUT2D eigenvalue weighted by molar-refractivity contribution is -0.151. The standard InChI is InChI=1S/C64H75N3O6S2Si/c1-46(2)59-56(73-76(7,8)62(4,5)6)44-58(69)72-54(41-27-28-42-74-63(48-29-15-9-16-30-48,49-31-17-10-18-32-49)50-33-19-11-20-34-50)43-57(68)65-47(3)60(70)66-55(61(71)67-59)45-75-64(51-35-21-12-22-36-51,52-37-23-13-24-38-52)53-39-25-14-26-40-53/h9-27,29-41,46-47,54-56,59H,28,42-45H2,1-8H3,(H,65,68)(H,66,70)(H,67,71)/b41-27+/t47-,54-,55-,56+,59-/m1/s1. The smallest absolute Gasteiger partial charge is 0.309 e. The van der Waals surface area contributed by atoms with Crippen LogP contribution in [0.1, 0.15) is 94.2 Å². The molecule has 12 heteroatoms. The monoisotopic (exact) mass is 1070 g/mol. The van der Waals surface area contributed by atoms with Crippen molar-refractivity contribution in [3.05, 3.63) is 228 Å². The summed E-state index contributed by atoms with van der Waals surface area (Å²) < 4.78 is 12.1. The minimum absolute atomic E-state index is 0.145. The van der Waals surface area contributed by atoms with E-state index in [0.717, 1.165) is 33.4 Å². The Morgan fingerprint density at radius 1 is 0.592 bits per heavy atom. The predicted molar refractivity (Wildman–Crippen MR) is 315 cm³/mol. The Kier molecular flexibility index (Phi) is 19.9. The molecule has 6 aromatic carbocycles. The first-order chi connectivity index (χ1) is 36.4. The first kappa shape index (κ1) is 57.5. The summed E-state index contributed by atoms with van der Waals surface area (Å²) in [7, 11) is -2.60. The van der Waals surface area contributed by atoms with E-state index in [2.05, 4.69) is 159 Å². The van der Waals surface area contributed by atoms with Gasteiger partial charge in [-0.15, -0.1) is 23.5 Å². The predicted octanol–water partition coefficient (Wildman–Crippen LogP) is 12.6. The number of nitrogens with one attached hydrogen (secondary N) is 3. The van der Waals surface area contributed by atoms with Gasteiger partial charge >= 0.3 is 5.97 Å². The number of benzene rings is 6. The van der Waals surface area contributed by atoms with Crippen LogP contribution in [0.2, 0.25) is 18.1 Å². The Bertz CT molecular complexity index is 2640. The molecule has 5 atom stereocenters. The summed E-state index contributed by atoms with van der Waals surface area (Å²) in [4.78, 5) is 58.0. The number of carbonyl (C=O) groups excluding carboxylic acids is 4. The van der Waals surface area contributed by atoms with E-state index in [1.54, 1.807) is 24.8 Å². The average Bonchev–Trinajstić information content (AvgIpc) is 3.43. The highest BCUT2D eigenvalue weighted by Gasteiger charge is 2.44. The third kappa shape index (κ3) is 14.0. The van der Waals surface area contributed by atoms with E-state index < -0.39 is 71.8 Å². The molecule has 0 unspecified atom stereocenters. The quantitative estimate of drug-likeness (QED) is 0.0271. The second-order valence-electron chi connectivity index (χ2n) is 21.4. The van der Waals surface area contributed by atoms with E-state index in [1.165, 1.54) is 0 Å². The van der Waals surface area contributed by atoms with Crippen molar-refractivity contribution in [1.29, 1.82) is 0 Å². The minimum atomic E-state index is -2.60. The van der Waals surface area contributed by atoms with Crippen molar-refractivity contribution in [1.82, 2.24) is 16.0 Å². The molecule has 0 saturated carbocycles. The van der Waals surface area contributed by atoms with Gasteiger partial charge in [-0.05, 0) is 82.6 Å². The third-order valence-corrected chi connectivity index (χ3v) is 22.3. The molecule has 6 aromatic rings. The Balaban J connectivity index is 1.20. The molecule has 76 heavy (non-hydrogen) atoms. The summed E-state index contributed by atoms with van der Waals surface area (Å²) in [6, 6.07) is 59.3. The second kappa shape index (κ2) is 26.2. The summed E-state index contributed by atoms with van der Waals surface area (Å²) in [5, 5.41) is 8.98. The fourth-order valence-corrected chi connectivity index (χ4v) is 14.0. The van der Waals surface area contributed by atoms with Crippen molar-refractivity contribution >= 4 is 55.5 Å². The number of thioether (sulfide) groups is 2. The number of rotatable bonds is 17. The number of esters is 1. The van der Waals surface area contributed by atoms with Gasteiger partial charge in [-0.1, -0.05) is 223 Å². The van der Waals surface area contributed by atoms with Crippen LogP contribution in [0.15, 0.2) is 194 Å². The van der Waals surface area contributed by atoms with Gasteiger partial charge in [0, 0.05) is 5.75 Å². The number of hydrogen-bond donors (Lipinski definition) is 3. The number of carbonyl (C=O) groups is 4. The maximum Gasteiger partial charge on any atom is 0.309 e. The largest absolute Gasteiger partial charge is 0.457 e. The van der Waals surface area contributed by atoms with Gasteiger partial charge in [-0.2, -0.15) is 0 Å². The molecule has 1 aliphatic heterocycles. The summed E-state index contributed by atoms with van der Waals surface area (Å²) in [6.45, 7) is 16.2. The molecule has 3 N–H and O–H groups in total. The number of allylic oxidation sites excluding steroid dienone is 1. The second-order valence-corrected chi connectivity index (χ2v) is 28.7. The van der Waals surface area contributed by atoms with E-state index in [1.807, 2.05) is 104 Å². The zero-order valence-electron chi connectivity index (χ0n) is 45.2. The third-order valence-electron chi connectivity index (χ3n) is 14.6. The molecule has 0 spiro atoms. The van der Waals surface area contributed by atoms with Crippen LogP contribution in [0.4, 0.5) is 0 Å². The van der Waals surface area contributed by atoms with Gasteiger partial charge in [-0.3, -0.25) is 19.2 Å². The summed E-state index contributed by atoms with van der Waals surface area (Å²) in [5.41, 5.74) is 6.48.